The molecule has 0 saturated heterocycles. The van der Waals surface area contributed by atoms with E-state index in [2.05, 4.69) is 35.2 Å². The van der Waals surface area contributed by atoms with E-state index in [1.54, 1.807) is 7.05 Å². The molecular formula is C9H13N7O2S. The molecule has 0 unspecified atom stereocenters. The van der Waals surface area contributed by atoms with Crippen LogP contribution in [-0.2, 0) is 16.4 Å². The molecule has 10 heteroatoms. The minimum absolute atomic E-state index is 0.0177. The lowest BCUT2D eigenvalue weighted by Gasteiger charge is -2.05. The Balaban J connectivity index is 1.97. The minimum atomic E-state index is -3.60. The molecule has 0 aliphatic heterocycles. The van der Waals surface area contributed by atoms with Crippen molar-refractivity contribution >= 4 is 16.0 Å². The van der Waals surface area contributed by atoms with Gasteiger partial charge in [-0.1, -0.05) is 0 Å². The molecule has 2 heterocycles. The van der Waals surface area contributed by atoms with Crippen LogP contribution in [0.1, 0.15) is 5.82 Å². The maximum atomic E-state index is 11.9. The number of nitrogens with zero attached hydrogens (tertiary/aromatic N) is 4. The molecule has 2 aromatic heterocycles. The average molecular weight is 283 g/mol. The van der Waals surface area contributed by atoms with Gasteiger partial charge in [-0.25, -0.2) is 28.1 Å². The minimum Gasteiger partial charge on any atom is -0.357 e. The number of H-pyrrole nitrogens is 1. The van der Waals surface area contributed by atoms with Gasteiger partial charge >= 0.3 is 0 Å². The number of aromatic nitrogens is 5. The Labute approximate surface area is 110 Å². The molecule has 0 bridgehead atoms. The zero-order valence-corrected chi connectivity index (χ0v) is 11.0. The molecule has 0 saturated carbocycles. The van der Waals surface area contributed by atoms with Crippen molar-refractivity contribution in [2.24, 2.45) is 0 Å². The SMILES string of the molecule is CNc1ncc(S(=O)(=O)NCCc2ncn[nH]2)cn1. The van der Waals surface area contributed by atoms with Crippen molar-refractivity contribution in [2.45, 2.75) is 11.3 Å². The number of sulfonamides is 1. The Morgan fingerprint density at radius 1 is 1.26 bits per heavy atom. The second-order valence-electron chi connectivity index (χ2n) is 3.57. The first-order chi connectivity index (χ1) is 9.12. The zero-order valence-electron chi connectivity index (χ0n) is 10.2. The molecule has 0 aliphatic rings. The van der Waals surface area contributed by atoms with Gasteiger partial charge in [0.05, 0.1) is 12.4 Å². The van der Waals surface area contributed by atoms with Crippen molar-refractivity contribution < 1.29 is 8.42 Å². The summed E-state index contributed by atoms with van der Waals surface area (Å²) in [5.41, 5.74) is 0. The van der Waals surface area contributed by atoms with E-state index in [0.29, 0.717) is 18.2 Å². The molecule has 0 amide bonds. The molecule has 3 N–H and O–H groups in total. The van der Waals surface area contributed by atoms with E-state index in [-0.39, 0.29) is 11.4 Å². The first-order valence-electron chi connectivity index (χ1n) is 5.45. The first-order valence-corrected chi connectivity index (χ1v) is 6.94. The monoisotopic (exact) mass is 283 g/mol. The Bertz CT molecular complexity index is 609. The Hall–Kier alpha value is -2.07. The van der Waals surface area contributed by atoms with Crippen molar-refractivity contribution in [3.05, 3.63) is 24.5 Å². The molecule has 0 spiro atoms. The lowest BCUT2D eigenvalue weighted by molar-refractivity contribution is 0.580. The maximum Gasteiger partial charge on any atom is 0.243 e. The molecule has 2 aromatic rings. The number of hydrogen-bond donors (Lipinski definition) is 3. The highest BCUT2D eigenvalue weighted by Crippen LogP contribution is 2.06. The van der Waals surface area contributed by atoms with Gasteiger partial charge in [0.15, 0.2) is 0 Å². The van der Waals surface area contributed by atoms with Crippen LogP contribution in [0.2, 0.25) is 0 Å². The lowest BCUT2D eigenvalue weighted by Crippen LogP contribution is -2.26. The molecule has 0 aromatic carbocycles. The van der Waals surface area contributed by atoms with E-state index in [4.69, 9.17) is 0 Å². The summed E-state index contributed by atoms with van der Waals surface area (Å²) in [5.74, 6) is 0.977. The van der Waals surface area contributed by atoms with Crippen molar-refractivity contribution in [2.75, 3.05) is 18.9 Å². The van der Waals surface area contributed by atoms with Crippen LogP contribution >= 0.6 is 0 Å². The molecule has 0 radical (unpaired) electrons. The molecule has 0 aliphatic carbocycles. The highest BCUT2D eigenvalue weighted by molar-refractivity contribution is 7.89. The summed E-state index contributed by atoms with van der Waals surface area (Å²) < 4.78 is 26.2. The largest absolute Gasteiger partial charge is 0.357 e. The van der Waals surface area contributed by atoms with E-state index in [9.17, 15) is 8.42 Å². The number of anilines is 1. The van der Waals surface area contributed by atoms with Crippen molar-refractivity contribution in [1.29, 1.82) is 0 Å². The number of rotatable bonds is 6. The second-order valence-corrected chi connectivity index (χ2v) is 5.34. The van der Waals surface area contributed by atoms with Crippen molar-refractivity contribution in [1.82, 2.24) is 29.9 Å². The van der Waals surface area contributed by atoms with Gasteiger partial charge in [0.2, 0.25) is 16.0 Å². The van der Waals surface area contributed by atoms with Crippen LogP contribution in [-0.4, -0.2) is 47.2 Å². The predicted molar refractivity (Wildman–Crippen MR) is 66.9 cm³/mol. The average Bonchev–Trinajstić information content (AvgIpc) is 2.92. The van der Waals surface area contributed by atoms with Crippen LogP contribution < -0.4 is 10.0 Å². The Morgan fingerprint density at radius 2 is 2.00 bits per heavy atom. The van der Waals surface area contributed by atoms with Crippen LogP contribution in [0.5, 0.6) is 0 Å². The van der Waals surface area contributed by atoms with Crippen LogP contribution in [0.4, 0.5) is 5.95 Å². The molecule has 19 heavy (non-hydrogen) atoms. The zero-order chi connectivity index (χ0) is 13.7. The summed E-state index contributed by atoms with van der Waals surface area (Å²) >= 11 is 0. The van der Waals surface area contributed by atoms with Gasteiger partial charge in [-0.3, -0.25) is 5.10 Å². The fourth-order valence-electron chi connectivity index (χ4n) is 1.32. The quantitative estimate of drug-likeness (QED) is 0.631. The van der Waals surface area contributed by atoms with Crippen molar-refractivity contribution in [3.8, 4) is 0 Å². The van der Waals surface area contributed by atoms with Crippen LogP contribution in [0.3, 0.4) is 0 Å². The standard InChI is InChI=1S/C9H13N7O2S/c1-10-9-11-4-7(5-12-9)19(17,18)15-3-2-8-13-6-14-16-8/h4-6,15H,2-3H2,1H3,(H,10,11,12)(H,13,14,16). The summed E-state index contributed by atoms with van der Waals surface area (Å²) in [5, 5.41) is 9.03. The number of aromatic amines is 1. The lowest BCUT2D eigenvalue weighted by atomic mass is 10.4. The summed E-state index contributed by atoms with van der Waals surface area (Å²) in [6.45, 7) is 0.214. The van der Waals surface area contributed by atoms with Crippen LogP contribution in [0.15, 0.2) is 23.6 Å². The Kier molecular flexibility index (Phi) is 4.02. The summed E-state index contributed by atoms with van der Waals surface area (Å²) in [4.78, 5) is 11.6. The fourth-order valence-corrected chi connectivity index (χ4v) is 2.24. The Morgan fingerprint density at radius 3 is 2.58 bits per heavy atom. The molecular weight excluding hydrogens is 270 g/mol. The second kappa shape index (κ2) is 5.71. The summed E-state index contributed by atoms with van der Waals surface area (Å²) in [7, 11) is -1.95. The maximum absolute atomic E-state index is 11.9. The molecule has 2 rings (SSSR count). The van der Waals surface area contributed by atoms with Gasteiger partial charge < -0.3 is 5.32 Å². The van der Waals surface area contributed by atoms with Gasteiger partial charge in [-0.05, 0) is 0 Å². The number of nitrogens with one attached hydrogen (secondary N) is 3. The van der Waals surface area contributed by atoms with E-state index in [0.717, 1.165) is 0 Å². The predicted octanol–water partition coefficient (Wildman–Crippen LogP) is -0.843. The van der Waals surface area contributed by atoms with Gasteiger partial charge in [-0.15, -0.1) is 0 Å². The van der Waals surface area contributed by atoms with Gasteiger partial charge in [0.25, 0.3) is 0 Å². The fraction of sp³-hybridized carbons (Fsp3) is 0.333. The highest BCUT2D eigenvalue weighted by atomic mass is 32.2. The van der Waals surface area contributed by atoms with Crippen LogP contribution in [0, 0.1) is 0 Å². The third-order valence-corrected chi connectivity index (χ3v) is 3.70. The summed E-state index contributed by atoms with van der Waals surface area (Å²) in [6, 6.07) is 0. The summed E-state index contributed by atoms with van der Waals surface area (Å²) in [6.07, 6.45) is 4.29. The molecule has 0 atom stereocenters. The van der Waals surface area contributed by atoms with Crippen LogP contribution in [0.25, 0.3) is 0 Å². The van der Waals surface area contributed by atoms with Gasteiger partial charge in [0, 0.05) is 20.0 Å². The van der Waals surface area contributed by atoms with Gasteiger partial charge in [-0.2, -0.15) is 5.10 Å². The smallest absolute Gasteiger partial charge is 0.243 e. The van der Waals surface area contributed by atoms with Gasteiger partial charge in [0.1, 0.15) is 17.0 Å². The molecule has 102 valence electrons. The number of hydrogen-bond acceptors (Lipinski definition) is 7. The highest BCUT2D eigenvalue weighted by Gasteiger charge is 2.14. The van der Waals surface area contributed by atoms with E-state index >= 15 is 0 Å². The normalized spacial score (nSPS) is 11.4. The third-order valence-electron chi connectivity index (χ3n) is 2.28. The molecule has 0 fully saturated rings. The first kappa shape index (κ1) is 13.4. The van der Waals surface area contributed by atoms with E-state index in [1.807, 2.05) is 0 Å². The molecule has 9 nitrogen and oxygen atoms in total. The third kappa shape index (κ3) is 3.45. The van der Waals surface area contributed by atoms with E-state index in [1.165, 1.54) is 18.7 Å². The van der Waals surface area contributed by atoms with Crippen molar-refractivity contribution in [3.63, 3.8) is 0 Å². The topological polar surface area (TPSA) is 126 Å². The van der Waals surface area contributed by atoms with E-state index < -0.39 is 10.0 Å².